The summed E-state index contributed by atoms with van der Waals surface area (Å²) in [7, 11) is 0. The van der Waals surface area contributed by atoms with Crippen molar-refractivity contribution in [3.63, 3.8) is 0 Å². The van der Waals surface area contributed by atoms with Gasteiger partial charge in [-0.3, -0.25) is 9.69 Å². The van der Waals surface area contributed by atoms with E-state index in [0.717, 1.165) is 57.6 Å². The van der Waals surface area contributed by atoms with Crippen LogP contribution in [0.25, 0.3) is 97.9 Å². The van der Waals surface area contributed by atoms with Gasteiger partial charge in [-0.15, -0.1) is 79.4 Å². The lowest BCUT2D eigenvalue weighted by molar-refractivity contribution is -0.122. The molecule has 2 unspecified atom stereocenters. The van der Waals surface area contributed by atoms with E-state index in [9.17, 15) is 4.79 Å². The highest BCUT2D eigenvalue weighted by Gasteiger charge is 2.32. The number of hydrogen-bond acceptors (Lipinski definition) is 13. The Morgan fingerprint density at radius 1 is 0.495 bits per heavy atom. The minimum atomic E-state index is 0.0306. The highest BCUT2D eigenvalue weighted by atomic mass is 32.2. The third-order valence-electron chi connectivity index (χ3n) is 19.2. The average molecular weight is 1380 g/mol. The van der Waals surface area contributed by atoms with E-state index in [1.165, 1.54) is 247 Å². The van der Waals surface area contributed by atoms with Crippen LogP contribution in [0.4, 0.5) is 0 Å². The largest absolute Gasteiger partial charge is 0.293 e. The quantitative estimate of drug-likeness (QED) is 0.0228. The predicted molar refractivity (Wildman–Crippen MR) is 413 cm³/mol. The van der Waals surface area contributed by atoms with Crippen LogP contribution in [0.2, 0.25) is 0 Å². The van der Waals surface area contributed by atoms with Crippen LogP contribution in [0.3, 0.4) is 0 Å². The van der Waals surface area contributed by atoms with E-state index in [1.807, 2.05) is 86.3 Å². The number of thioether (sulfide) groups is 1. The normalized spacial score (nSPS) is 14.2. The van der Waals surface area contributed by atoms with Gasteiger partial charge in [-0.05, 0) is 183 Å². The molecule has 14 heteroatoms. The number of benzene rings is 2. The number of thiophene rings is 7. The van der Waals surface area contributed by atoms with Gasteiger partial charge in [0.25, 0.3) is 5.91 Å². The second-order valence-electron chi connectivity index (χ2n) is 25.5. The lowest BCUT2D eigenvalue weighted by atomic mass is 9.94. The van der Waals surface area contributed by atoms with Crippen molar-refractivity contribution in [1.82, 2.24) is 15.2 Å². The van der Waals surface area contributed by atoms with Gasteiger partial charge in [0.1, 0.15) is 15.4 Å². The molecular weight excluding hydrogens is 1290 g/mol. The molecule has 1 amide bonds. The zero-order valence-corrected chi connectivity index (χ0v) is 62.9. The number of rotatable bonds is 34. The molecule has 0 spiro atoms. The number of carbonyl (C=O) groups is 1. The number of carbonyl (C=O) groups excluding carboxylic acids is 1. The lowest BCUT2D eigenvalue weighted by Gasteiger charge is -2.13. The van der Waals surface area contributed by atoms with Crippen LogP contribution in [-0.2, 0) is 30.5 Å². The highest BCUT2D eigenvalue weighted by molar-refractivity contribution is 8.26. The van der Waals surface area contributed by atoms with Crippen molar-refractivity contribution in [3.05, 3.63) is 108 Å². The first-order valence-corrected chi connectivity index (χ1v) is 41.4. The van der Waals surface area contributed by atoms with Crippen LogP contribution in [0.5, 0.6) is 0 Å². The van der Waals surface area contributed by atoms with Crippen molar-refractivity contribution >= 4 is 151 Å². The molecule has 482 valence electrons. The van der Waals surface area contributed by atoms with Gasteiger partial charge in [0.05, 0.1) is 4.91 Å². The summed E-state index contributed by atoms with van der Waals surface area (Å²) >= 11 is 21.0. The molecule has 0 saturated carbocycles. The van der Waals surface area contributed by atoms with Gasteiger partial charge in [0, 0.05) is 102 Å². The molecule has 0 bridgehead atoms. The molecule has 0 N–H and O–H groups in total. The standard InChI is InChI=1S/C77H93N3O2S9/c1-11-18-22-24-26-28-32-52-42-56(44-66-76(81)80(17-7)77(83)91-66)86-72(52)61-38-39-62(87-61)73-53(33-29-27-25-23-19-12-2)43-63(88-73)64-45-57-68(59-36-34-54(84-59)40-50(15-5)30-20-13-3)75-58(46-65(90-75)67-48(9)47(8)49(10)70-71(67)79-82-78-70)69(74(57)89-64)60-37-35-55(85-60)41-51(16-6)31-21-14-4/h34-39,42-46,50-51H,11-33,40-41H2,1-10H3/b66-44+. The van der Waals surface area contributed by atoms with E-state index in [4.69, 9.17) is 16.8 Å². The SMILES string of the molecule is CCCCCCCCc1cc(/C=C2/SC(=S)N(CC)C2=O)sc1-c1ccc(-c2sc(-c3cc4c(-c5ccc(CC(CC)CCCC)s5)c5sc(-c6c(C)c(C)c(C)c7nonc67)cc5c(-c5ccc(CC(CC)CCCC)s5)c4s3)cc2CCCCCCCC)s1. The third-order valence-corrected chi connectivity index (χ3v) is 29.1. The van der Waals surface area contributed by atoms with Crippen LogP contribution in [-0.4, -0.2) is 32.0 Å². The van der Waals surface area contributed by atoms with Gasteiger partial charge in [-0.25, -0.2) is 4.63 Å². The molecule has 8 aromatic heterocycles. The number of thiocarbonyl (C=S) groups is 1. The number of amides is 1. The Balaban J connectivity index is 1.07. The minimum absolute atomic E-state index is 0.0306. The Hall–Kier alpha value is -4.09. The molecule has 2 atom stereocenters. The summed E-state index contributed by atoms with van der Waals surface area (Å²) in [5.41, 5.74) is 12.1. The topological polar surface area (TPSA) is 59.2 Å². The molecule has 11 rings (SSSR count). The van der Waals surface area contributed by atoms with E-state index in [-0.39, 0.29) is 5.91 Å². The Kier molecular flexibility index (Phi) is 24.1. The average Bonchev–Trinajstić information content (AvgIpc) is 1.57. The predicted octanol–water partition coefficient (Wildman–Crippen LogP) is 27.4. The van der Waals surface area contributed by atoms with Crippen molar-refractivity contribution in [3.8, 4) is 60.6 Å². The van der Waals surface area contributed by atoms with Crippen molar-refractivity contribution in [2.24, 2.45) is 11.8 Å². The molecule has 0 radical (unpaired) electrons. The maximum absolute atomic E-state index is 13.5. The molecular formula is C77H93N3O2S9. The highest BCUT2D eigenvalue weighted by Crippen LogP contribution is 2.57. The lowest BCUT2D eigenvalue weighted by Crippen LogP contribution is -2.27. The van der Waals surface area contributed by atoms with Crippen LogP contribution in [0.15, 0.2) is 70.2 Å². The van der Waals surface area contributed by atoms with Crippen molar-refractivity contribution in [2.75, 3.05) is 6.54 Å². The zero-order valence-electron chi connectivity index (χ0n) is 55.5. The molecule has 9 heterocycles. The van der Waals surface area contributed by atoms with Crippen LogP contribution >= 0.6 is 103 Å². The number of hydrogen-bond donors (Lipinski definition) is 0. The first kappa shape index (κ1) is 68.3. The summed E-state index contributed by atoms with van der Waals surface area (Å²) in [6.07, 6.45) is 31.7. The Morgan fingerprint density at radius 3 is 1.56 bits per heavy atom. The molecule has 1 aliphatic rings. The number of aromatic nitrogens is 2. The van der Waals surface area contributed by atoms with Crippen molar-refractivity contribution in [1.29, 1.82) is 0 Å². The molecule has 1 aliphatic heterocycles. The molecule has 10 aromatic rings. The van der Waals surface area contributed by atoms with Crippen molar-refractivity contribution < 1.29 is 9.42 Å². The fourth-order valence-electron chi connectivity index (χ4n) is 13.5. The maximum Gasteiger partial charge on any atom is 0.266 e. The summed E-state index contributed by atoms with van der Waals surface area (Å²) < 4.78 is 8.97. The summed E-state index contributed by atoms with van der Waals surface area (Å²) in [5.74, 6) is 1.41. The number of nitrogens with zero attached hydrogens (tertiary/aromatic N) is 3. The summed E-state index contributed by atoms with van der Waals surface area (Å²) in [4.78, 5) is 32.2. The van der Waals surface area contributed by atoms with Gasteiger partial charge < -0.3 is 0 Å². The van der Waals surface area contributed by atoms with E-state index in [2.05, 4.69) is 139 Å². The van der Waals surface area contributed by atoms with Crippen LogP contribution < -0.4 is 0 Å². The fraction of sp³-hybridized carbons (Fsp3) is 0.481. The first-order valence-electron chi connectivity index (χ1n) is 34.4. The molecule has 91 heavy (non-hydrogen) atoms. The number of unbranched alkanes of at least 4 members (excludes halogenated alkanes) is 12. The maximum atomic E-state index is 13.5. The monoisotopic (exact) mass is 1380 g/mol. The molecule has 5 nitrogen and oxygen atoms in total. The number of likely N-dealkylation sites (N-methyl/N-ethyl adjacent to an activating group) is 1. The van der Waals surface area contributed by atoms with Gasteiger partial charge in [0.15, 0.2) is 0 Å². The first-order chi connectivity index (χ1) is 44.4. The molecule has 1 fully saturated rings. The van der Waals surface area contributed by atoms with Gasteiger partial charge in [-0.1, -0.05) is 181 Å². The van der Waals surface area contributed by atoms with E-state index < -0.39 is 0 Å². The smallest absolute Gasteiger partial charge is 0.266 e. The Labute approximate surface area is 580 Å². The minimum Gasteiger partial charge on any atom is -0.293 e. The summed E-state index contributed by atoms with van der Waals surface area (Å²) in [6, 6.07) is 24.8. The Morgan fingerprint density at radius 2 is 1.00 bits per heavy atom. The van der Waals surface area contributed by atoms with E-state index in [0.29, 0.717) is 22.7 Å². The van der Waals surface area contributed by atoms with E-state index >= 15 is 0 Å². The zero-order chi connectivity index (χ0) is 63.7. The van der Waals surface area contributed by atoms with E-state index in [1.54, 1.807) is 4.90 Å². The third kappa shape index (κ3) is 15.3. The second-order valence-corrected chi connectivity index (χ2v) is 34.9. The summed E-state index contributed by atoms with van der Waals surface area (Å²) in [6.45, 7) is 23.3. The fourth-order valence-corrected chi connectivity index (χ4v) is 23.7. The van der Waals surface area contributed by atoms with Crippen LogP contribution in [0.1, 0.15) is 219 Å². The second kappa shape index (κ2) is 32.1. The molecule has 0 aliphatic carbocycles. The van der Waals surface area contributed by atoms with Gasteiger partial charge in [-0.2, -0.15) is 0 Å². The van der Waals surface area contributed by atoms with Gasteiger partial charge in [0.2, 0.25) is 0 Å². The van der Waals surface area contributed by atoms with Gasteiger partial charge >= 0.3 is 0 Å². The molecule has 2 aromatic carbocycles. The van der Waals surface area contributed by atoms with Crippen molar-refractivity contribution in [2.45, 2.75) is 223 Å². The number of fused-ring (bicyclic) bond motifs is 3. The summed E-state index contributed by atoms with van der Waals surface area (Å²) in [5, 5.41) is 11.8. The van der Waals surface area contributed by atoms with Crippen LogP contribution in [0, 0.1) is 32.6 Å². The molecule has 1 saturated heterocycles. The number of aryl methyl sites for hydroxylation is 3. The Bertz CT molecular complexity index is 4030.